The highest BCUT2D eigenvalue weighted by Gasteiger charge is 2.46. The van der Waals surface area contributed by atoms with Crippen LogP contribution in [0.15, 0.2) is 66.7 Å². The number of benzene rings is 3. The summed E-state index contributed by atoms with van der Waals surface area (Å²) in [6.07, 6.45) is -3.46. The van der Waals surface area contributed by atoms with Crippen LogP contribution in [0.25, 0.3) is 0 Å². The maximum Gasteiger partial charge on any atom is 0.416 e. The molecule has 220 valence electrons. The Morgan fingerprint density at radius 2 is 1.62 bits per heavy atom. The van der Waals surface area contributed by atoms with Crippen LogP contribution < -0.4 is 14.8 Å². The van der Waals surface area contributed by atoms with Crippen LogP contribution in [0.2, 0.25) is 0 Å². The molecule has 0 aliphatic carbocycles. The normalized spacial score (nSPS) is 17.9. The van der Waals surface area contributed by atoms with Gasteiger partial charge in [0, 0.05) is 51.1 Å². The van der Waals surface area contributed by atoms with E-state index in [1.54, 1.807) is 23.1 Å². The zero-order chi connectivity index (χ0) is 29.3. The first kappa shape index (κ1) is 27.9. The molecular weight excluding hydrogens is 551 g/mol. The number of alkyl halides is 3. The molecule has 0 radical (unpaired) electrons. The molecule has 3 aromatic rings. The lowest BCUT2D eigenvalue weighted by Gasteiger charge is -2.37. The Morgan fingerprint density at radius 1 is 0.881 bits per heavy atom. The van der Waals surface area contributed by atoms with Crippen LogP contribution in [0, 0.1) is 0 Å². The fraction of sp³-hybridized carbons (Fsp3) is 0.355. The van der Waals surface area contributed by atoms with Gasteiger partial charge >= 0.3 is 12.3 Å². The van der Waals surface area contributed by atoms with Crippen molar-refractivity contribution >= 4 is 12.0 Å². The summed E-state index contributed by atoms with van der Waals surface area (Å²) in [5.74, 6) is 1.11. The molecule has 8 nitrogen and oxygen atoms in total. The fourth-order valence-electron chi connectivity index (χ4n) is 5.62. The van der Waals surface area contributed by atoms with E-state index in [0.717, 1.165) is 28.8 Å². The highest BCUT2D eigenvalue weighted by atomic mass is 19.4. The molecule has 2 amide bonds. The largest absolute Gasteiger partial charge is 0.454 e. The number of rotatable bonds is 7. The number of piperidine rings is 1. The molecule has 11 heteroatoms. The van der Waals surface area contributed by atoms with Gasteiger partial charge in [-0.1, -0.05) is 30.3 Å². The number of hydrogen-bond donors (Lipinski definition) is 1. The van der Waals surface area contributed by atoms with Gasteiger partial charge in [-0.2, -0.15) is 13.2 Å². The lowest BCUT2D eigenvalue weighted by Crippen LogP contribution is -2.46. The molecule has 2 saturated heterocycles. The molecule has 0 atom stereocenters. The Kier molecular flexibility index (Phi) is 7.44. The second-order valence-electron chi connectivity index (χ2n) is 10.9. The van der Waals surface area contributed by atoms with Gasteiger partial charge in [0.2, 0.25) is 6.79 Å². The maximum atomic E-state index is 12.8. The Balaban J connectivity index is 1.01. The SMILES string of the molecule is O=C(NCc1ccc2c(c1)OCO2)c1cccc(CN2CC3(CCN(Cc4ccc(C(F)(F)F)cc4)CC3)OC2=O)c1. The molecule has 1 N–H and O–H groups in total. The number of carbonyl (C=O) groups excluding carboxylic acids is 2. The van der Waals surface area contributed by atoms with Crippen LogP contribution in [-0.4, -0.2) is 53.8 Å². The summed E-state index contributed by atoms with van der Waals surface area (Å²) in [7, 11) is 0. The van der Waals surface area contributed by atoms with Gasteiger partial charge in [0.15, 0.2) is 11.5 Å². The van der Waals surface area contributed by atoms with Crippen molar-refractivity contribution in [2.75, 3.05) is 26.4 Å². The maximum absolute atomic E-state index is 12.8. The predicted octanol–water partition coefficient (Wildman–Crippen LogP) is 5.35. The third-order valence-electron chi connectivity index (χ3n) is 7.95. The molecule has 0 bridgehead atoms. The van der Waals surface area contributed by atoms with Gasteiger partial charge in [0.1, 0.15) is 5.60 Å². The Morgan fingerprint density at radius 3 is 2.38 bits per heavy atom. The van der Waals surface area contributed by atoms with Gasteiger partial charge in [-0.25, -0.2) is 4.79 Å². The van der Waals surface area contributed by atoms with Crippen LogP contribution in [0.1, 0.15) is 45.5 Å². The third kappa shape index (κ3) is 6.15. The number of nitrogens with zero attached hydrogens (tertiary/aromatic N) is 2. The molecule has 6 rings (SSSR count). The number of likely N-dealkylation sites (tertiary alicyclic amines) is 1. The molecule has 0 saturated carbocycles. The van der Waals surface area contributed by atoms with Crippen molar-refractivity contribution in [1.82, 2.24) is 15.1 Å². The van der Waals surface area contributed by atoms with Gasteiger partial charge in [0.05, 0.1) is 12.1 Å². The number of carbonyl (C=O) groups is 2. The van der Waals surface area contributed by atoms with Gasteiger partial charge < -0.3 is 19.5 Å². The van der Waals surface area contributed by atoms with Gasteiger partial charge in [0.25, 0.3) is 5.91 Å². The topological polar surface area (TPSA) is 80.3 Å². The first-order valence-electron chi connectivity index (χ1n) is 13.8. The van der Waals surface area contributed by atoms with Crippen LogP contribution in [0.4, 0.5) is 18.0 Å². The van der Waals surface area contributed by atoms with Crippen molar-refractivity contribution < 1.29 is 37.0 Å². The number of ether oxygens (including phenoxy) is 3. The second kappa shape index (κ2) is 11.2. The van der Waals surface area contributed by atoms with E-state index in [-0.39, 0.29) is 18.8 Å². The third-order valence-corrected chi connectivity index (χ3v) is 7.95. The summed E-state index contributed by atoms with van der Waals surface area (Å²) >= 11 is 0. The number of fused-ring (bicyclic) bond motifs is 1. The standard InChI is InChI=1S/C31H30F3N3O5/c32-31(33,34)25-7-4-21(5-8-25)17-36-12-10-30(11-13-36)19-37(29(39)42-30)18-23-2-1-3-24(14-23)28(38)35-16-22-6-9-26-27(15-22)41-20-40-26/h1-9,14-15H,10-13,16-20H2,(H,35,38). The summed E-state index contributed by atoms with van der Waals surface area (Å²) in [4.78, 5) is 29.5. The summed E-state index contributed by atoms with van der Waals surface area (Å²) in [6.45, 7) is 3.15. The van der Waals surface area contributed by atoms with Gasteiger partial charge in [-0.3, -0.25) is 14.6 Å². The lowest BCUT2D eigenvalue weighted by molar-refractivity contribution is -0.137. The molecule has 1 spiro atoms. The quantitative estimate of drug-likeness (QED) is 0.405. The van der Waals surface area contributed by atoms with Gasteiger partial charge in [-0.05, 0) is 53.1 Å². The van der Waals surface area contributed by atoms with E-state index in [4.69, 9.17) is 14.2 Å². The zero-order valence-corrected chi connectivity index (χ0v) is 22.8. The van der Waals surface area contributed by atoms with Gasteiger partial charge in [-0.15, -0.1) is 0 Å². The average molecular weight is 582 g/mol. The highest BCUT2D eigenvalue weighted by Crippen LogP contribution is 2.35. The van der Waals surface area contributed by atoms with E-state index in [0.29, 0.717) is 69.2 Å². The Bertz CT molecular complexity index is 1470. The predicted molar refractivity (Wildman–Crippen MR) is 146 cm³/mol. The molecule has 3 aliphatic rings. The van der Waals surface area contributed by atoms with E-state index in [2.05, 4.69) is 10.2 Å². The summed E-state index contributed by atoms with van der Waals surface area (Å²) < 4.78 is 55.1. The van der Waals surface area contributed by atoms with Crippen LogP contribution >= 0.6 is 0 Å². The van der Waals surface area contributed by atoms with Crippen molar-refractivity contribution in [3.8, 4) is 11.5 Å². The second-order valence-corrected chi connectivity index (χ2v) is 10.9. The van der Waals surface area contributed by atoms with Crippen LogP contribution in [-0.2, 0) is 30.5 Å². The number of halogens is 3. The minimum absolute atomic E-state index is 0.188. The van der Waals surface area contributed by atoms with E-state index in [1.807, 2.05) is 24.3 Å². The molecule has 0 unspecified atom stereocenters. The number of hydrogen-bond acceptors (Lipinski definition) is 6. The lowest BCUT2D eigenvalue weighted by atomic mass is 9.91. The smallest absolute Gasteiger partial charge is 0.416 e. The van der Waals surface area contributed by atoms with Crippen LogP contribution in [0.3, 0.4) is 0 Å². The van der Waals surface area contributed by atoms with E-state index in [9.17, 15) is 22.8 Å². The molecule has 2 fully saturated rings. The summed E-state index contributed by atoms with van der Waals surface area (Å²) in [6, 6.07) is 17.9. The van der Waals surface area contributed by atoms with Crippen molar-refractivity contribution in [3.63, 3.8) is 0 Å². The first-order chi connectivity index (χ1) is 20.2. The average Bonchev–Trinajstić information content (AvgIpc) is 3.56. The minimum Gasteiger partial charge on any atom is -0.454 e. The zero-order valence-electron chi connectivity index (χ0n) is 22.8. The van der Waals surface area contributed by atoms with E-state index in [1.165, 1.54) is 12.1 Å². The minimum atomic E-state index is -4.35. The monoisotopic (exact) mass is 581 g/mol. The van der Waals surface area contributed by atoms with Crippen molar-refractivity contribution in [1.29, 1.82) is 0 Å². The Hall–Kier alpha value is -4.25. The molecule has 0 aromatic heterocycles. The van der Waals surface area contributed by atoms with Crippen molar-refractivity contribution in [2.45, 2.75) is 44.3 Å². The molecule has 42 heavy (non-hydrogen) atoms. The molecule has 3 heterocycles. The molecular formula is C31H30F3N3O5. The first-order valence-corrected chi connectivity index (χ1v) is 13.8. The molecule has 3 aliphatic heterocycles. The Labute approximate surface area is 241 Å². The van der Waals surface area contributed by atoms with Crippen molar-refractivity contribution in [2.24, 2.45) is 0 Å². The summed E-state index contributed by atoms with van der Waals surface area (Å²) in [5.41, 5.74) is 1.76. The summed E-state index contributed by atoms with van der Waals surface area (Å²) in [5, 5.41) is 2.92. The van der Waals surface area contributed by atoms with E-state index >= 15 is 0 Å². The molecule has 3 aromatic carbocycles. The highest BCUT2D eigenvalue weighted by molar-refractivity contribution is 5.94. The number of amides is 2. The van der Waals surface area contributed by atoms with Crippen molar-refractivity contribution in [3.05, 3.63) is 94.5 Å². The van der Waals surface area contributed by atoms with Crippen LogP contribution in [0.5, 0.6) is 11.5 Å². The van der Waals surface area contributed by atoms with E-state index < -0.39 is 17.3 Å². The number of nitrogens with one attached hydrogen (secondary N) is 1. The fourth-order valence-corrected chi connectivity index (χ4v) is 5.62.